The predicted molar refractivity (Wildman–Crippen MR) is 99.9 cm³/mol. The Balaban J connectivity index is 1.71. The highest BCUT2D eigenvalue weighted by atomic mass is 16.5. The van der Waals surface area contributed by atoms with Crippen LogP contribution < -0.4 is 19.5 Å². The second-order valence-corrected chi connectivity index (χ2v) is 5.83. The number of carbonyl (C=O) groups excluding carboxylic acids is 1. The molecule has 0 aliphatic rings. The highest BCUT2D eigenvalue weighted by molar-refractivity contribution is 5.88. The van der Waals surface area contributed by atoms with E-state index in [1.807, 2.05) is 36.5 Å². The Labute approximate surface area is 152 Å². The van der Waals surface area contributed by atoms with E-state index < -0.39 is 0 Å². The van der Waals surface area contributed by atoms with Gasteiger partial charge in [-0.1, -0.05) is 18.2 Å². The Morgan fingerprint density at radius 2 is 1.65 bits per heavy atom. The van der Waals surface area contributed by atoms with E-state index in [1.165, 1.54) is 0 Å². The number of rotatable bonds is 7. The van der Waals surface area contributed by atoms with Crippen LogP contribution in [0.2, 0.25) is 0 Å². The van der Waals surface area contributed by atoms with Crippen molar-refractivity contribution in [3.63, 3.8) is 0 Å². The number of carbonyl (C=O) groups is 1. The SMILES string of the molecule is COc1cc(OC)c(OC)cc1CNC(=O)Cc1c[nH]c2ccccc12. The minimum Gasteiger partial charge on any atom is -0.496 e. The number of para-hydroxylation sites is 1. The fraction of sp³-hybridized carbons (Fsp3) is 0.250. The lowest BCUT2D eigenvalue weighted by Crippen LogP contribution is -2.24. The first-order chi connectivity index (χ1) is 12.7. The third-order valence-electron chi connectivity index (χ3n) is 4.29. The van der Waals surface area contributed by atoms with Crippen LogP contribution in [0, 0.1) is 0 Å². The van der Waals surface area contributed by atoms with Gasteiger partial charge in [-0.15, -0.1) is 0 Å². The van der Waals surface area contributed by atoms with Crippen molar-refractivity contribution in [3.8, 4) is 17.2 Å². The van der Waals surface area contributed by atoms with Gasteiger partial charge in [0.15, 0.2) is 11.5 Å². The molecule has 1 amide bonds. The zero-order valence-electron chi connectivity index (χ0n) is 15.1. The van der Waals surface area contributed by atoms with Gasteiger partial charge in [0.1, 0.15) is 5.75 Å². The van der Waals surface area contributed by atoms with E-state index in [1.54, 1.807) is 27.4 Å². The van der Waals surface area contributed by atoms with Gasteiger partial charge in [0, 0.05) is 35.3 Å². The number of hydrogen-bond acceptors (Lipinski definition) is 4. The van der Waals surface area contributed by atoms with Gasteiger partial charge < -0.3 is 24.5 Å². The molecule has 0 bridgehead atoms. The average Bonchev–Trinajstić information content (AvgIpc) is 3.08. The molecule has 0 saturated carbocycles. The Hall–Kier alpha value is -3.15. The van der Waals surface area contributed by atoms with Crippen LogP contribution in [0.25, 0.3) is 10.9 Å². The quantitative estimate of drug-likeness (QED) is 0.684. The van der Waals surface area contributed by atoms with E-state index in [0.29, 0.717) is 30.2 Å². The van der Waals surface area contributed by atoms with E-state index >= 15 is 0 Å². The maximum atomic E-state index is 12.4. The number of methoxy groups -OCH3 is 3. The van der Waals surface area contributed by atoms with Gasteiger partial charge in [-0.05, 0) is 17.7 Å². The number of ether oxygens (including phenoxy) is 3. The highest BCUT2D eigenvalue weighted by Crippen LogP contribution is 2.34. The summed E-state index contributed by atoms with van der Waals surface area (Å²) in [5, 5.41) is 4.00. The van der Waals surface area contributed by atoms with Gasteiger partial charge >= 0.3 is 0 Å². The Morgan fingerprint density at radius 3 is 2.38 bits per heavy atom. The van der Waals surface area contributed by atoms with Crippen molar-refractivity contribution in [2.45, 2.75) is 13.0 Å². The number of amides is 1. The van der Waals surface area contributed by atoms with Gasteiger partial charge in [0.2, 0.25) is 5.91 Å². The Kier molecular flexibility index (Phi) is 5.31. The molecule has 0 saturated heterocycles. The fourth-order valence-corrected chi connectivity index (χ4v) is 2.94. The highest BCUT2D eigenvalue weighted by Gasteiger charge is 2.13. The summed E-state index contributed by atoms with van der Waals surface area (Å²) in [5.74, 6) is 1.74. The minimum absolute atomic E-state index is 0.0633. The first-order valence-electron chi connectivity index (χ1n) is 8.26. The van der Waals surface area contributed by atoms with Crippen LogP contribution in [0.3, 0.4) is 0 Å². The Morgan fingerprint density at radius 1 is 0.962 bits per heavy atom. The summed E-state index contributed by atoms with van der Waals surface area (Å²) in [6, 6.07) is 11.5. The third-order valence-corrected chi connectivity index (χ3v) is 4.29. The molecule has 6 heteroatoms. The summed E-state index contributed by atoms with van der Waals surface area (Å²) >= 11 is 0. The zero-order chi connectivity index (χ0) is 18.5. The topological polar surface area (TPSA) is 72.6 Å². The van der Waals surface area contributed by atoms with E-state index in [2.05, 4.69) is 10.3 Å². The maximum absolute atomic E-state index is 12.4. The number of aromatic nitrogens is 1. The number of aromatic amines is 1. The number of fused-ring (bicyclic) bond motifs is 1. The maximum Gasteiger partial charge on any atom is 0.224 e. The van der Waals surface area contributed by atoms with Crippen molar-refractivity contribution in [3.05, 3.63) is 53.7 Å². The fourth-order valence-electron chi connectivity index (χ4n) is 2.94. The molecule has 26 heavy (non-hydrogen) atoms. The predicted octanol–water partition coefficient (Wildman–Crippen LogP) is 3.05. The van der Waals surface area contributed by atoms with Crippen LogP contribution in [0.15, 0.2) is 42.6 Å². The van der Waals surface area contributed by atoms with E-state index in [-0.39, 0.29) is 5.91 Å². The molecule has 2 aromatic carbocycles. The van der Waals surface area contributed by atoms with Crippen LogP contribution in [0.4, 0.5) is 0 Å². The molecular weight excluding hydrogens is 332 g/mol. The molecule has 1 aromatic heterocycles. The van der Waals surface area contributed by atoms with Crippen LogP contribution in [0.5, 0.6) is 17.2 Å². The lowest BCUT2D eigenvalue weighted by Gasteiger charge is -2.14. The van der Waals surface area contributed by atoms with Crippen LogP contribution in [-0.2, 0) is 17.8 Å². The van der Waals surface area contributed by atoms with Gasteiger partial charge in [0.05, 0.1) is 27.8 Å². The monoisotopic (exact) mass is 354 g/mol. The lowest BCUT2D eigenvalue weighted by atomic mass is 10.1. The van der Waals surface area contributed by atoms with Crippen molar-refractivity contribution in [2.75, 3.05) is 21.3 Å². The number of H-pyrrole nitrogens is 1. The standard InChI is InChI=1S/C20H22N2O4/c1-24-17-10-19(26-3)18(25-2)8-14(17)12-22-20(23)9-13-11-21-16-7-5-4-6-15(13)16/h4-8,10-11,21H,9,12H2,1-3H3,(H,22,23). The Bertz CT molecular complexity index is 917. The molecule has 0 aliphatic heterocycles. The molecule has 3 rings (SSSR count). The van der Waals surface area contributed by atoms with Gasteiger partial charge in [-0.2, -0.15) is 0 Å². The lowest BCUT2D eigenvalue weighted by molar-refractivity contribution is -0.120. The second kappa shape index (κ2) is 7.82. The number of benzene rings is 2. The largest absolute Gasteiger partial charge is 0.496 e. The summed E-state index contributed by atoms with van der Waals surface area (Å²) in [6.45, 7) is 0.338. The molecule has 136 valence electrons. The van der Waals surface area contributed by atoms with E-state index in [9.17, 15) is 4.79 Å². The van der Waals surface area contributed by atoms with E-state index in [0.717, 1.165) is 22.0 Å². The average molecular weight is 354 g/mol. The molecule has 0 fully saturated rings. The van der Waals surface area contributed by atoms with Crippen LogP contribution >= 0.6 is 0 Å². The van der Waals surface area contributed by atoms with Crippen molar-refractivity contribution in [1.29, 1.82) is 0 Å². The minimum atomic E-state index is -0.0633. The molecule has 0 aliphatic carbocycles. The number of nitrogens with one attached hydrogen (secondary N) is 2. The molecule has 0 unspecified atom stereocenters. The van der Waals surface area contributed by atoms with Crippen LogP contribution in [-0.4, -0.2) is 32.2 Å². The first kappa shape index (κ1) is 17.7. The summed E-state index contributed by atoms with van der Waals surface area (Å²) in [7, 11) is 4.72. The molecule has 6 nitrogen and oxygen atoms in total. The van der Waals surface area contributed by atoms with Crippen molar-refractivity contribution >= 4 is 16.8 Å². The zero-order valence-corrected chi connectivity index (χ0v) is 15.1. The molecular formula is C20H22N2O4. The van der Waals surface area contributed by atoms with Crippen molar-refractivity contribution in [2.24, 2.45) is 0 Å². The molecule has 0 spiro atoms. The third kappa shape index (κ3) is 3.59. The van der Waals surface area contributed by atoms with Crippen LogP contribution in [0.1, 0.15) is 11.1 Å². The molecule has 1 heterocycles. The number of hydrogen-bond donors (Lipinski definition) is 2. The van der Waals surface area contributed by atoms with Gasteiger partial charge in [-0.25, -0.2) is 0 Å². The summed E-state index contributed by atoms with van der Waals surface area (Å²) in [6.07, 6.45) is 2.18. The van der Waals surface area contributed by atoms with E-state index in [4.69, 9.17) is 14.2 Å². The smallest absolute Gasteiger partial charge is 0.224 e. The van der Waals surface area contributed by atoms with Crippen molar-refractivity contribution in [1.82, 2.24) is 10.3 Å². The second-order valence-electron chi connectivity index (χ2n) is 5.83. The molecule has 3 aromatic rings. The normalized spacial score (nSPS) is 10.6. The van der Waals surface area contributed by atoms with Gasteiger partial charge in [-0.3, -0.25) is 4.79 Å². The van der Waals surface area contributed by atoms with Crippen molar-refractivity contribution < 1.29 is 19.0 Å². The summed E-state index contributed by atoms with van der Waals surface area (Å²) in [5.41, 5.74) is 2.81. The molecule has 0 radical (unpaired) electrons. The first-order valence-corrected chi connectivity index (χ1v) is 8.26. The summed E-state index contributed by atoms with van der Waals surface area (Å²) in [4.78, 5) is 15.6. The summed E-state index contributed by atoms with van der Waals surface area (Å²) < 4.78 is 16.0. The molecule has 2 N–H and O–H groups in total. The van der Waals surface area contributed by atoms with Gasteiger partial charge in [0.25, 0.3) is 0 Å². The molecule has 0 atom stereocenters.